The molecule has 1 aliphatic heterocycles. The molecule has 1 saturated carbocycles. The van der Waals surface area contributed by atoms with Crippen molar-refractivity contribution in [3.05, 3.63) is 11.5 Å². The van der Waals surface area contributed by atoms with E-state index >= 15 is 0 Å². The van der Waals surface area contributed by atoms with Crippen LogP contribution in [0.25, 0.3) is 0 Å². The fraction of sp³-hybridized carbons (Fsp3) is 0.778. The molecule has 1 spiro atoms. The third-order valence-corrected chi connectivity index (χ3v) is 2.23. The highest BCUT2D eigenvalue weighted by Crippen LogP contribution is 2.49. The van der Waals surface area contributed by atoms with Crippen LogP contribution in [0.3, 0.4) is 0 Å². The van der Waals surface area contributed by atoms with Crippen molar-refractivity contribution in [2.75, 3.05) is 0 Å². The van der Waals surface area contributed by atoms with E-state index < -0.39 is 0 Å². The standard InChI is InChI=1S/C9H14O2/c1-3-7-8(4-2)11-9(10-7)5-6-9/h3-6H2,1-2H3. The lowest BCUT2D eigenvalue weighted by molar-refractivity contribution is -0.0677. The molecule has 1 heterocycles. The molecule has 0 atom stereocenters. The first-order chi connectivity index (χ1) is 5.29. The molecule has 2 aliphatic rings. The fourth-order valence-electron chi connectivity index (χ4n) is 1.43. The zero-order valence-corrected chi connectivity index (χ0v) is 7.14. The summed E-state index contributed by atoms with van der Waals surface area (Å²) >= 11 is 0. The van der Waals surface area contributed by atoms with Gasteiger partial charge in [0.15, 0.2) is 0 Å². The summed E-state index contributed by atoms with van der Waals surface area (Å²) in [5, 5.41) is 0. The number of hydrogen-bond donors (Lipinski definition) is 0. The molecule has 0 bridgehead atoms. The van der Waals surface area contributed by atoms with Crippen LogP contribution in [0.4, 0.5) is 0 Å². The molecule has 0 saturated heterocycles. The lowest BCUT2D eigenvalue weighted by atomic mass is 10.3. The number of hydrogen-bond acceptors (Lipinski definition) is 2. The summed E-state index contributed by atoms with van der Waals surface area (Å²) in [5.74, 6) is 1.96. The molecule has 0 amide bonds. The molecule has 0 aromatic rings. The van der Waals surface area contributed by atoms with Gasteiger partial charge in [0.1, 0.15) is 11.5 Å². The van der Waals surface area contributed by atoms with Crippen molar-refractivity contribution >= 4 is 0 Å². The Morgan fingerprint density at radius 2 is 1.55 bits per heavy atom. The molecule has 0 radical (unpaired) electrons. The second-order valence-corrected chi connectivity index (χ2v) is 3.17. The van der Waals surface area contributed by atoms with Gasteiger partial charge in [-0.25, -0.2) is 0 Å². The van der Waals surface area contributed by atoms with Gasteiger partial charge in [-0.1, -0.05) is 13.8 Å². The summed E-state index contributed by atoms with van der Waals surface area (Å²) < 4.78 is 11.3. The second kappa shape index (κ2) is 2.16. The van der Waals surface area contributed by atoms with Gasteiger partial charge in [-0.15, -0.1) is 0 Å². The van der Waals surface area contributed by atoms with Crippen molar-refractivity contribution in [1.29, 1.82) is 0 Å². The molecule has 2 rings (SSSR count). The van der Waals surface area contributed by atoms with Gasteiger partial charge >= 0.3 is 0 Å². The van der Waals surface area contributed by atoms with Crippen molar-refractivity contribution < 1.29 is 9.47 Å². The van der Waals surface area contributed by atoms with Crippen LogP contribution in [0.15, 0.2) is 11.5 Å². The lowest BCUT2D eigenvalue weighted by Crippen LogP contribution is -2.08. The summed E-state index contributed by atoms with van der Waals surface area (Å²) in [6.07, 6.45) is 4.07. The van der Waals surface area contributed by atoms with Crippen molar-refractivity contribution in [1.82, 2.24) is 0 Å². The molecule has 0 N–H and O–H groups in total. The Labute approximate surface area is 67.2 Å². The summed E-state index contributed by atoms with van der Waals surface area (Å²) in [6.45, 7) is 4.21. The first kappa shape index (κ1) is 7.01. The van der Waals surface area contributed by atoms with Crippen molar-refractivity contribution in [3.63, 3.8) is 0 Å². The van der Waals surface area contributed by atoms with E-state index in [9.17, 15) is 0 Å². The van der Waals surface area contributed by atoms with E-state index in [1.165, 1.54) is 0 Å². The molecule has 0 unspecified atom stereocenters. The van der Waals surface area contributed by atoms with Gasteiger partial charge in [-0.2, -0.15) is 0 Å². The first-order valence-corrected chi connectivity index (χ1v) is 4.39. The average Bonchev–Trinajstić information content (AvgIpc) is 2.64. The number of ether oxygens (including phenoxy) is 2. The summed E-state index contributed by atoms with van der Waals surface area (Å²) in [6, 6.07) is 0. The molecule has 0 aromatic carbocycles. The van der Waals surface area contributed by atoms with Crippen molar-refractivity contribution in [2.45, 2.75) is 45.3 Å². The average molecular weight is 154 g/mol. The molecule has 1 aliphatic carbocycles. The molecular weight excluding hydrogens is 140 g/mol. The van der Waals surface area contributed by atoms with Gasteiger partial charge in [0.2, 0.25) is 0 Å². The Morgan fingerprint density at radius 1 is 1.09 bits per heavy atom. The van der Waals surface area contributed by atoms with E-state index in [0.29, 0.717) is 0 Å². The molecule has 11 heavy (non-hydrogen) atoms. The second-order valence-electron chi connectivity index (χ2n) is 3.17. The molecule has 1 fully saturated rings. The van der Waals surface area contributed by atoms with Crippen LogP contribution in [-0.2, 0) is 9.47 Å². The predicted octanol–water partition coefficient (Wildman–Crippen LogP) is 2.55. The Kier molecular flexibility index (Phi) is 1.38. The number of allylic oxidation sites excluding steroid dienone is 2. The smallest absolute Gasteiger partial charge is 0.251 e. The highest BCUT2D eigenvalue weighted by Gasteiger charge is 2.53. The third-order valence-electron chi connectivity index (χ3n) is 2.23. The molecule has 2 nitrogen and oxygen atoms in total. The van der Waals surface area contributed by atoms with Crippen LogP contribution < -0.4 is 0 Å². The molecule has 0 aromatic heterocycles. The zero-order valence-electron chi connectivity index (χ0n) is 7.14. The van der Waals surface area contributed by atoms with Crippen LogP contribution >= 0.6 is 0 Å². The van der Waals surface area contributed by atoms with Crippen LogP contribution in [0.2, 0.25) is 0 Å². The lowest BCUT2D eigenvalue weighted by Gasteiger charge is -2.08. The van der Waals surface area contributed by atoms with Crippen LogP contribution in [0, 0.1) is 0 Å². The van der Waals surface area contributed by atoms with Gasteiger partial charge in [-0.3, -0.25) is 0 Å². The van der Waals surface area contributed by atoms with E-state index in [1.807, 2.05) is 0 Å². The van der Waals surface area contributed by atoms with Crippen LogP contribution in [0.1, 0.15) is 39.5 Å². The Hall–Kier alpha value is -0.660. The molecule has 62 valence electrons. The highest BCUT2D eigenvalue weighted by molar-refractivity contribution is 5.12. The minimum absolute atomic E-state index is 0.184. The number of rotatable bonds is 2. The van der Waals surface area contributed by atoms with E-state index in [0.717, 1.165) is 37.2 Å². The van der Waals surface area contributed by atoms with Gasteiger partial charge in [0.25, 0.3) is 5.79 Å². The SMILES string of the molecule is CCC1=C(CC)OC2(CC2)O1. The van der Waals surface area contributed by atoms with Crippen LogP contribution in [-0.4, -0.2) is 5.79 Å². The van der Waals surface area contributed by atoms with Gasteiger partial charge < -0.3 is 9.47 Å². The minimum atomic E-state index is -0.184. The largest absolute Gasteiger partial charge is 0.453 e. The molecular formula is C9H14O2. The van der Waals surface area contributed by atoms with E-state index in [2.05, 4.69) is 13.8 Å². The fourth-order valence-corrected chi connectivity index (χ4v) is 1.43. The van der Waals surface area contributed by atoms with Crippen molar-refractivity contribution in [2.24, 2.45) is 0 Å². The Bertz CT molecular complexity index is 184. The quantitative estimate of drug-likeness (QED) is 0.608. The van der Waals surface area contributed by atoms with Gasteiger partial charge in [-0.05, 0) is 0 Å². The van der Waals surface area contributed by atoms with Gasteiger partial charge in [0.05, 0.1) is 0 Å². The maximum atomic E-state index is 5.67. The zero-order chi connectivity index (χ0) is 7.90. The summed E-state index contributed by atoms with van der Waals surface area (Å²) in [5.41, 5.74) is 0. The summed E-state index contributed by atoms with van der Waals surface area (Å²) in [7, 11) is 0. The first-order valence-electron chi connectivity index (χ1n) is 4.39. The monoisotopic (exact) mass is 154 g/mol. The Morgan fingerprint density at radius 3 is 1.82 bits per heavy atom. The van der Waals surface area contributed by atoms with E-state index in [-0.39, 0.29) is 5.79 Å². The minimum Gasteiger partial charge on any atom is -0.453 e. The maximum Gasteiger partial charge on any atom is 0.251 e. The normalized spacial score (nSPS) is 25.3. The van der Waals surface area contributed by atoms with E-state index in [1.54, 1.807) is 0 Å². The van der Waals surface area contributed by atoms with E-state index in [4.69, 9.17) is 9.47 Å². The topological polar surface area (TPSA) is 18.5 Å². The molecule has 2 heteroatoms. The third kappa shape index (κ3) is 1.01. The maximum absolute atomic E-state index is 5.67. The summed E-state index contributed by atoms with van der Waals surface area (Å²) in [4.78, 5) is 0. The van der Waals surface area contributed by atoms with Gasteiger partial charge in [0, 0.05) is 25.7 Å². The van der Waals surface area contributed by atoms with Crippen LogP contribution in [0.5, 0.6) is 0 Å². The van der Waals surface area contributed by atoms with Crippen molar-refractivity contribution in [3.8, 4) is 0 Å². The highest BCUT2D eigenvalue weighted by atomic mass is 16.7. The predicted molar refractivity (Wildman–Crippen MR) is 41.7 cm³/mol. The Balaban J connectivity index is 2.11.